The minimum absolute atomic E-state index is 0.00664. The first-order valence-corrected chi connectivity index (χ1v) is 11.4. The quantitative estimate of drug-likeness (QED) is 0.508. The molecule has 0 radical (unpaired) electrons. The second-order valence-corrected chi connectivity index (χ2v) is 8.90. The van der Waals surface area contributed by atoms with Crippen LogP contribution in [0.1, 0.15) is 12.0 Å². The maximum Gasteiger partial charge on any atom is 0.272 e. The number of imide groups is 1. The van der Waals surface area contributed by atoms with Gasteiger partial charge in [-0.25, -0.2) is 12.8 Å². The average molecular weight is 470 g/mol. The minimum Gasteiger partial charge on any atom is -0.457 e. The fourth-order valence-electron chi connectivity index (χ4n) is 3.13. The molecule has 1 heterocycles. The van der Waals surface area contributed by atoms with Gasteiger partial charge in [-0.05, 0) is 54.1 Å². The second-order valence-electron chi connectivity index (χ2n) is 7.19. The van der Waals surface area contributed by atoms with E-state index in [-0.39, 0.29) is 17.9 Å². The summed E-state index contributed by atoms with van der Waals surface area (Å²) in [5, 5.41) is 0.597. The van der Waals surface area contributed by atoms with Crippen molar-refractivity contribution in [2.75, 3.05) is 0 Å². The van der Waals surface area contributed by atoms with E-state index in [9.17, 15) is 22.4 Å². The highest BCUT2D eigenvalue weighted by atomic mass is 32.2. The number of ether oxygens (including phenoxy) is 1. The first kappa shape index (κ1) is 22.6. The number of sulfonamides is 1. The van der Waals surface area contributed by atoms with Crippen LogP contribution in [0.5, 0.6) is 11.5 Å². The van der Waals surface area contributed by atoms with Crippen LogP contribution in [0.3, 0.4) is 0 Å². The molecular weight excluding hydrogens is 451 g/mol. The van der Waals surface area contributed by atoms with Crippen molar-refractivity contribution in [1.82, 2.24) is 9.79 Å². The highest BCUT2D eigenvalue weighted by molar-refractivity contribution is 7.89. The highest BCUT2D eigenvalue weighted by Gasteiger charge is 2.42. The number of amides is 2. The van der Waals surface area contributed by atoms with Crippen molar-refractivity contribution in [3.05, 3.63) is 90.2 Å². The second kappa shape index (κ2) is 9.49. The summed E-state index contributed by atoms with van der Waals surface area (Å²) in [4.78, 5) is 29.9. The van der Waals surface area contributed by atoms with Crippen LogP contribution < -0.4 is 9.46 Å². The van der Waals surface area contributed by atoms with Crippen molar-refractivity contribution >= 4 is 21.8 Å². The minimum atomic E-state index is -4.10. The summed E-state index contributed by atoms with van der Waals surface area (Å²) < 4.78 is 46.2. The van der Waals surface area contributed by atoms with Gasteiger partial charge in [-0.2, -0.15) is 9.79 Å². The topological polar surface area (TPSA) is 102 Å². The van der Waals surface area contributed by atoms with Gasteiger partial charge in [0.25, 0.3) is 11.8 Å². The molecule has 10 heteroatoms. The van der Waals surface area contributed by atoms with E-state index in [2.05, 4.69) is 4.72 Å². The zero-order valence-corrected chi connectivity index (χ0v) is 18.0. The van der Waals surface area contributed by atoms with Crippen LogP contribution >= 0.6 is 0 Å². The molecule has 2 amide bonds. The molecule has 1 saturated heterocycles. The van der Waals surface area contributed by atoms with Gasteiger partial charge in [0, 0.05) is 0 Å². The Hall–Kier alpha value is -3.60. The number of hydrogen-bond donors (Lipinski definition) is 1. The van der Waals surface area contributed by atoms with Crippen LogP contribution in [0, 0.1) is 5.82 Å². The number of rotatable bonds is 8. The molecule has 3 aromatic rings. The molecule has 33 heavy (non-hydrogen) atoms. The van der Waals surface area contributed by atoms with Crippen molar-refractivity contribution in [2.45, 2.75) is 24.0 Å². The van der Waals surface area contributed by atoms with Crippen LogP contribution in [-0.4, -0.2) is 31.3 Å². The molecule has 0 spiro atoms. The Morgan fingerprint density at radius 1 is 0.909 bits per heavy atom. The molecule has 0 saturated carbocycles. The van der Waals surface area contributed by atoms with Crippen molar-refractivity contribution in [3.8, 4) is 11.5 Å². The zero-order valence-electron chi connectivity index (χ0n) is 17.2. The van der Waals surface area contributed by atoms with Gasteiger partial charge in [0.1, 0.15) is 30.0 Å². The van der Waals surface area contributed by atoms with Gasteiger partial charge >= 0.3 is 0 Å². The molecule has 3 aromatic carbocycles. The van der Waals surface area contributed by atoms with Crippen molar-refractivity contribution in [1.29, 1.82) is 0 Å². The van der Waals surface area contributed by atoms with E-state index in [1.165, 1.54) is 48.5 Å². The Kier molecular flexibility index (Phi) is 6.50. The smallest absolute Gasteiger partial charge is 0.272 e. The number of nitrogens with one attached hydrogen (secondary N) is 1. The number of hydrogen-bond acceptors (Lipinski definition) is 6. The number of carbonyl (C=O) groups is 2. The summed E-state index contributed by atoms with van der Waals surface area (Å²) in [5.41, 5.74) is 0.755. The number of carbonyl (C=O) groups excluding carboxylic acids is 2. The van der Waals surface area contributed by atoms with Crippen LogP contribution in [0.15, 0.2) is 83.8 Å². The summed E-state index contributed by atoms with van der Waals surface area (Å²) in [6.07, 6.45) is -0.349. The molecule has 8 nitrogen and oxygen atoms in total. The van der Waals surface area contributed by atoms with Crippen molar-refractivity contribution < 1.29 is 32.0 Å². The third-order valence-corrected chi connectivity index (χ3v) is 6.28. The lowest BCUT2D eigenvalue weighted by atomic mass is 10.2. The van der Waals surface area contributed by atoms with Gasteiger partial charge in [-0.1, -0.05) is 30.3 Å². The van der Waals surface area contributed by atoms with Crippen LogP contribution in [0.4, 0.5) is 4.39 Å². The van der Waals surface area contributed by atoms with E-state index in [1.54, 1.807) is 24.3 Å². The van der Waals surface area contributed by atoms with E-state index in [4.69, 9.17) is 9.57 Å². The number of hydroxylamine groups is 2. The monoisotopic (exact) mass is 470 g/mol. The highest BCUT2D eigenvalue weighted by Crippen LogP contribution is 2.24. The molecule has 1 fully saturated rings. The zero-order chi connectivity index (χ0) is 23.4. The lowest BCUT2D eigenvalue weighted by Gasteiger charge is -2.15. The average Bonchev–Trinajstić information content (AvgIpc) is 3.06. The van der Waals surface area contributed by atoms with Crippen LogP contribution in [0.25, 0.3) is 0 Å². The lowest BCUT2D eigenvalue weighted by Crippen LogP contribution is -2.41. The van der Waals surface area contributed by atoms with Gasteiger partial charge in [0.2, 0.25) is 10.0 Å². The molecule has 170 valence electrons. The third kappa shape index (κ3) is 5.43. The van der Waals surface area contributed by atoms with Crippen LogP contribution in [-0.2, 0) is 31.1 Å². The number of halogens is 1. The summed E-state index contributed by atoms with van der Waals surface area (Å²) in [6.45, 7) is -0.00664. The molecule has 1 atom stereocenters. The van der Waals surface area contributed by atoms with E-state index in [0.29, 0.717) is 16.6 Å². The van der Waals surface area contributed by atoms with Gasteiger partial charge in [-0.15, -0.1) is 0 Å². The summed E-state index contributed by atoms with van der Waals surface area (Å²) in [5.74, 6) is -1.09. The largest absolute Gasteiger partial charge is 0.457 e. The van der Waals surface area contributed by atoms with Gasteiger partial charge in [0.15, 0.2) is 0 Å². The Bertz CT molecular complexity index is 1250. The van der Waals surface area contributed by atoms with Crippen molar-refractivity contribution in [3.63, 3.8) is 0 Å². The van der Waals surface area contributed by atoms with E-state index >= 15 is 0 Å². The molecule has 0 aromatic heterocycles. The Balaban J connectivity index is 1.39. The Labute approximate surface area is 189 Å². The first-order valence-electron chi connectivity index (χ1n) is 9.91. The normalized spacial score (nSPS) is 16.3. The van der Waals surface area contributed by atoms with Gasteiger partial charge in [0.05, 0.1) is 11.3 Å². The molecule has 1 aliphatic rings. The van der Waals surface area contributed by atoms with Crippen LogP contribution in [0.2, 0.25) is 0 Å². The van der Waals surface area contributed by atoms with E-state index < -0.39 is 33.7 Å². The lowest BCUT2D eigenvalue weighted by molar-refractivity contribution is -0.191. The predicted molar refractivity (Wildman–Crippen MR) is 115 cm³/mol. The van der Waals surface area contributed by atoms with E-state index in [1.807, 2.05) is 6.07 Å². The summed E-state index contributed by atoms with van der Waals surface area (Å²) in [6, 6.07) is 18.5. The SMILES string of the molecule is O=C1C[C@@H](NS(=O)(=O)c2ccc(Oc3ccc(F)cc3)cc2)C(=O)N1OCc1ccccc1. The summed E-state index contributed by atoms with van der Waals surface area (Å²) >= 11 is 0. The predicted octanol–water partition coefficient (Wildman–Crippen LogP) is 3.16. The molecule has 0 bridgehead atoms. The maximum absolute atomic E-state index is 13.0. The maximum atomic E-state index is 13.0. The molecule has 1 aliphatic heterocycles. The van der Waals surface area contributed by atoms with E-state index in [0.717, 1.165) is 5.56 Å². The fourth-order valence-corrected chi connectivity index (χ4v) is 4.32. The molecule has 0 unspecified atom stereocenters. The standard InChI is InChI=1S/C23H19FN2O6S/c24-17-6-8-18(9-7-17)32-19-10-12-20(13-11-19)33(29,30)25-21-14-22(27)26(23(21)28)31-15-16-4-2-1-3-5-16/h1-13,21,25H,14-15H2/t21-/m1/s1. The molecule has 1 N–H and O–H groups in total. The number of nitrogens with zero attached hydrogens (tertiary/aromatic N) is 1. The Morgan fingerprint density at radius 2 is 1.52 bits per heavy atom. The fraction of sp³-hybridized carbons (Fsp3) is 0.130. The van der Waals surface area contributed by atoms with Gasteiger partial charge < -0.3 is 4.74 Å². The van der Waals surface area contributed by atoms with Gasteiger partial charge in [-0.3, -0.25) is 14.4 Å². The summed E-state index contributed by atoms with van der Waals surface area (Å²) in [7, 11) is -4.10. The Morgan fingerprint density at radius 3 is 2.15 bits per heavy atom. The third-order valence-electron chi connectivity index (χ3n) is 4.79. The number of benzene rings is 3. The molecule has 4 rings (SSSR count). The molecule has 0 aliphatic carbocycles. The molecular formula is C23H19FN2O6S. The first-order chi connectivity index (χ1) is 15.8. The van der Waals surface area contributed by atoms with Crippen molar-refractivity contribution in [2.24, 2.45) is 0 Å².